The van der Waals surface area contributed by atoms with Crippen LogP contribution in [0.3, 0.4) is 0 Å². The first-order valence-electron chi connectivity index (χ1n) is 23.4. The zero-order valence-electron chi connectivity index (χ0n) is 41.5. The predicted molar refractivity (Wildman–Crippen MR) is 264 cm³/mol. The van der Waals surface area contributed by atoms with Crippen LogP contribution in [0.2, 0.25) is 0 Å². The Kier molecular flexibility index (Phi) is 20.7. The first-order chi connectivity index (χ1) is 32.6. The number of hydrogen-bond acceptors (Lipinski definition) is 13. The number of benzene rings is 2. The van der Waals surface area contributed by atoms with Gasteiger partial charge in [0.15, 0.2) is 0 Å². The first-order valence-corrected chi connectivity index (χ1v) is 24.2. The highest BCUT2D eigenvalue weighted by Crippen LogP contribution is 2.27. The summed E-state index contributed by atoms with van der Waals surface area (Å²) >= 11 is 1.26. The van der Waals surface area contributed by atoms with Crippen LogP contribution in [0.25, 0.3) is 0 Å². The van der Waals surface area contributed by atoms with E-state index in [0.29, 0.717) is 17.8 Å². The summed E-state index contributed by atoms with van der Waals surface area (Å²) in [6.45, 7) is 16.4. The maximum absolute atomic E-state index is 14.9. The molecule has 0 saturated carbocycles. The number of alkyl carbamates (subject to hydrolysis) is 1. The van der Waals surface area contributed by atoms with Gasteiger partial charge in [0, 0.05) is 24.0 Å². The number of hydrogen-bond donors (Lipinski definition) is 7. The fourth-order valence-electron chi connectivity index (χ4n) is 7.58. The van der Waals surface area contributed by atoms with Crippen molar-refractivity contribution in [3.8, 4) is 0 Å². The number of ether oxygens (including phenoxy) is 2. The highest BCUT2D eigenvalue weighted by atomic mass is 32.1. The number of carbonyl (C=O) groups excluding carboxylic acids is 7. The van der Waals surface area contributed by atoms with Gasteiger partial charge < -0.3 is 46.7 Å². The van der Waals surface area contributed by atoms with Gasteiger partial charge in [0.25, 0.3) is 0 Å². The van der Waals surface area contributed by atoms with E-state index in [4.69, 9.17) is 14.5 Å². The van der Waals surface area contributed by atoms with Crippen molar-refractivity contribution >= 4 is 58.8 Å². The van der Waals surface area contributed by atoms with Gasteiger partial charge in [0.1, 0.15) is 48.2 Å². The van der Waals surface area contributed by atoms with Gasteiger partial charge in [0.05, 0.1) is 25.6 Å². The third kappa shape index (κ3) is 17.3. The number of aliphatic imine (C=N–C) groups is 1. The number of aromatic nitrogens is 1. The number of nitrogens with zero attached hydrogens (tertiary/aromatic N) is 2. The van der Waals surface area contributed by atoms with Crippen LogP contribution in [0.4, 0.5) is 4.79 Å². The van der Waals surface area contributed by atoms with Crippen LogP contribution in [0.5, 0.6) is 0 Å². The van der Waals surface area contributed by atoms with Crippen molar-refractivity contribution < 1.29 is 43.0 Å². The molecule has 6 amide bonds. The number of unbranched alkanes of at least 4 members (excludes halogenated alkanes) is 1. The Morgan fingerprint density at radius 3 is 2.10 bits per heavy atom. The Morgan fingerprint density at radius 1 is 0.841 bits per heavy atom. The maximum Gasteiger partial charge on any atom is 0.407 e. The lowest BCUT2D eigenvalue weighted by Gasteiger charge is -2.39. The van der Waals surface area contributed by atoms with Crippen molar-refractivity contribution in [1.82, 2.24) is 42.2 Å². The molecule has 3 aromatic rings. The van der Waals surface area contributed by atoms with Crippen molar-refractivity contribution in [3.63, 3.8) is 0 Å². The van der Waals surface area contributed by atoms with E-state index in [-0.39, 0.29) is 37.7 Å². The van der Waals surface area contributed by atoms with Crippen LogP contribution in [0.15, 0.2) is 77.2 Å². The Bertz CT molecular complexity index is 2210. The molecule has 2 aromatic carbocycles. The third-order valence-electron chi connectivity index (χ3n) is 11.6. The van der Waals surface area contributed by atoms with Crippen molar-refractivity contribution in [1.29, 1.82) is 0 Å². The fraction of sp³-hybridized carbons (Fsp3) is 0.540. The number of methoxy groups -OCH3 is 1. The van der Waals surface area contributed by atoms with Gasteiger partial charge in [-0.25, -0.2) is 9.78 Å². The molecule has 4 rings (SSSR count). The van der Waals surface area contributed by atoms with Gasteiger partial charge in [-0.3, -0.25) is 33.8 Å². The minimum absolute atomic E-state index is 0.120. The van der Waals surface area contributed by atoms with Gasteiger partial charge in [-0.1, -0.05) is 123 Å². The number of nitrogens with one attached hydrogen (secondary N) is 7. The molecular weight excluding hydrogens is 903 g/mol. The van der Waals surface area contributed by atoms with Gasteiger partial charge >= 0.3 is 12.1 Å². The highest BCUT2D eigenvalue weighted by Gasteiger charge is 2.41. The van der Waals surface area contributed by atoms with E-state index in [2.05, 4.69) is 42.2 Å². The van der Waals surface area contributed by atoms with Crippen molar-refractivity contribution in [3.05, 3.63) is 88.4 Å². The van der Waals surface area contributed by atoms with E-state index in [1.165, 1.54) is 18.4 Å². The van der Waals surface area contributed by atoms with Gasteiger partial charge in [-0.15, -0.1) is 11.3 Å². The molecule has 7 N–H and O–H groups in total. The molecule has 376 valence electrons. The van der Waals surface area contributed by atoms with Crippen LogP contribution in [-0.2, 0) is 44.8 Å². The number of thiazole rings is 1. The second-order valence-electron chi connectivity index (χ2n) is 19.7. The summed E-state index contributed by atoms with van der Waals surface area (Å²) < 4.78 is 10.2. The molecule has 1 aliphatic heterocycles. The Morgan fingerprint density at radius 2 is 1.51 bits per heavy atom. The first kappa shape index (κ1) is 55.2. The molecule has 1 aromatic heterocycles. The molecule has 0 aliphatic carbocycles. The molecule has 1 aliphatic rings. The summed E-state index contributed by atoms with van der Waals surface area (Å²) in [6, 6.07) is 12.4. The van der Waals surface area contributed by atoms with Gasteiger partial charge in [0.2, 0.25) is 29.5 Å². The zero-order valence-corrected chi connectivity index (χ0v) is 42.3. The molecular formula is C50H71N9O9S. The van der Waals surface area contributed by atoms with Gasteiger partial charge in [-0.05, 0) is 47.1 Å². The summed E-state index contributed by atoms with van der Waals surface area (Å²) in [6.07, 6.45) is 1.89. The number of esters is 1. The maximum atomic E-state index is 14.9. The van der Waals surface area contributed by atoms with Crippen molar-refractivity contribution in [2.75, 3.05) is 20.2 Å². The largest absolute Gasteiger partial charge is 0.469 e. The third-order valence-corrected chi connectivity index (χ3v) is 12.5. The molecule has 19 heteroatoms. The zero-order chi connectivity index (χ0) is 50.9. The quantitative estimate of drug-likeness (QED) is 0.0673. The standard InChI is InChI=1S/C50H71N9O9S/c1-30(2)38-44(63)59-40(49(4,5)6)42(53-28-36(60)54-34(43(62)56-38)23-17-18-24-52-48(66)68-29-32-19-13-11-14-20-32)58-41(50(7,8)9)46(65)57-39(31(3)33-21-15-12-16-22-33)45(64)55-35(27-37(61)67-10)47-51-25-26-69-47/h11-16,19-22,25-26,30-31,34-35,38-41H,17-18,23-24,27-29H2,1-10H3,(H,52,66)(H,53,58)(H,54,60)(H,55,64)(H,56,62)(H,57,65)(H,59,63)/t31-,34-,35+,38-,39?,40+,41+/m0/s1. The average Bonchev–Trinajstić information content (AvgIpc) is 3.85. The molecule has 1 unspecified atom stereocenters. The Balaban J connectivity index is 1.61. The summed E-state index contributed by atoms with van der Waals surface area (Å²) in [5, 5.41) is 22.9. The molecule has 7 atom stereocenters. The molecule has 0 bridgehead atoms. The average molecular weight is 974 g/mol. The monoisotopic (exact) mass is 974 g/mol. The number of carbonyl (C=O) groups is 7. The second-order valence-corrected chi connectivity index (χ2v) is 20.6. The van der Waals surface area contributed by atoms with Crippen molar-refractivity contribution in [2.45, 2.75) is 137 Å². The van der Waals surface area contributed by atoms with Crippen LogP contribution in [-0.4, -0.2) is 103 Å². The number of amidine groups is 1. The van der Waals surface area contributed by atoms with Crippen LogP contribution in [0.1, 0.15) is 116 Å². The normalized spacial score (nSPS) is 18.8. The summed E-state index contributed by atoms with van der Waals surface area (Å²) in [5.74, 6) is -4.12. The number of amides is 6. The summed E-state index contributed by atoms with van der Waals surface area (Å²) in [5.41, 5.74) is 0.000218. The molecule has 0 saturated heterocycles. The lowest BCUT2D eigenvalue weighted by molar-refractivity contribution is -0.141. The van der Waals surface area contributed by atoms with E-state index in [1.807, 2.05) is 109 Å². The lowest BCUT2D eigenvalue weighted by Crippen LogP contribution is -2.65. The van der Waals surface area contributed by atoms with E-state index in [1.54, 1.807) is 25.4 Å². The Hall–Kier alpha value is -6.37. The van der Waals surface area contributed by atoms with Crippen LogP contribution < -0.4 is 37.2 Å². The van der Waals surface area contributed by atoms with Crippen LogP contribution in [0, 0.1) is 16.7 Å². The Labute approximate surface area is 409 Å². The molecule has 0 radical (unpaired) electrons. The van der Waals surface area contributed by atoms with Crippen molar-refractivity contribution in [2.24, 2.45) is 21.7 Å². The van der Waals surface area contributed by atoms with E-state index in [0.717, 1.165) is 11.1 Å². The minimum atomic E-state index is -1.16. The van der Waals surface area contributed by atoms with E-state index >= 15 is 0 Å². The SMILES string of the molecule is COC(=O)C[C@@H](NC(=O)C(NC(=O)[C@@H](NC1=NCC(=O)N[C@@H](CCCCNC(=O)OCc2ccccc2)C(=O)N[C@@H](C(C)C)C(=O)N[C@H]1C(C)(C)C)C(C)(C)C)[C@@H](C)c1ccccc1)c1nccs1. The smallest absolute Gasteiger partial charge is 0.407 e. The number of rotatable bonds is 18. The summed E-state index contributed by atoms with van der Waals surface area (Å²) in [4.78, 5) is 105. The lowest BCUT2D eigenvalue weighted by atomic mass is 9.82. The topological polar surface area (TPSA) is 247 Å². The van der Waals surface area contributed by atoms with E-state index < -0.39 is 101 Å². The fourth-order valence-corrected chi connectivity index (χ4v) is 8.27. The molecule has 69 heavy (non-hydrogen) atoms. The minimum Gasteiger partial charge on any atom is -0.469 e. The molecule has 0 fully saturated rings. The highest BCUT2D eigenvalue weighted by molar-refractivity contribution is 7.09. The van der Waals surface area contributed by atoms with Gasteiger partial charge in [-0.2, -0.15) is 0 Å². The second kappa shape index (κ2) is 25.8. The molecule has 18 nitrogen and oxygen atoms in total. The van der Waals surface area contributed by atoms with E-state index in [9.17, 15) is 33.6 Å². The molecule has 0 spiro atoms. The summed E-state index contributed by atoms with van der Waals surface area (Å²) in [7, 11) is 1.26. The predicted octanol–water partition coefficient (Wildman–Crippen LogP) is 4.82. The van der Waals surface area contributed by atoms with Crippen LogP contribution >= 0.6 is 11.3 Å². The molecule has 2 heterocycles.